The number of ether oxygens (including phenoxy) is 1. The number of hydrogen-bond acceptors (Lipinski definition) is 3. The van der Waals surface area contributed by atoms with Crippen molar-refractivity contribution in [3.05, 3.63) is 58.1 Å². The summed E-state index contributed by atoms with van der Waals surface area (Å²) in [5.41, 5.74) is 7.16. The topological polar surface area (TPSA) is 48.1 Å². The molecule has 0 aliphatic carbocycles. The molecule has 0 bridgehead atoms. The van der Waals surface area contributed by atoms with Gasteiger partial charge in [0.25, 0.3) is 0 Å². The van der Waals surface area contributed by atoms with Crippen molar-refractivity contribution in [1.82, 2.24) is 4.98 Å². The molecule has 1 heterocycles. The van der Waals surface area contributed by atoms with Crippen LogP contribution >= 0.6 is 15.9 Å². The second-order valence-electron chi connectivity index (χ2n) is 3.73. The van der Waals surface area contributed by atoms with Crippen LogP contribution in [0.2, 0.25) is 0 Å². The molecule has 1 aromatic heterocycles. The molecule has 0 fully saturated rings. The number of nitrogens with zero attached hydrogens (tertiary/aromatic N) is 1. The lowest BCUT2D eigenvalue weighted by Crippen LogP contribution is -2.02. The number of hydrogen-bond donors (Lipinski definition) is 1. The van der Waals surface area contributed by atoms with Gasteiger partial charge in [-0.05, 0) is 29.8 Å². The van der Waals surface area contributed by atoms with Crippen LogP contribution in [-0.4, -0.2) is 4.98 Å². The second kappa shape index (κ2) is 5.93. The Morgan fingerprint density at radius 2 is 2.11 bits per heavy atom. The first-order valence-electron chi connectivity index (χ1n) is 5.41. The molecule has 0 aliphatic rings. The molecule has 94 valence electrons. The fourth-order valence-electron chi connectivity index (χ4n) is 1.41. The van der Waals surface area contributed by atoms with Crippen LogP contribution in [0.4, 0.5) is 4.39 Å². The van der Waals surface area contributed by atoms with E-state index in [9.17, 15) is 4.39 Å². The molecule has 0 radical (unpaired) electrons. The van der Waals surface area contributed by atoms with Gasteiger partial charge in [-0.15, -0.1) is 0 Å². The van der Waals surface area contributed by atoms with Crippen molar-refractivity contribution in [2.75, 3.05) is 0 Å². The minimum absolute atomic E-state index is 0.211. The van der Waals surface area contributed by atoms with E-state index in [0.717, 1.165) is 11.3 Å². The quantitative estimate of drug-likeness (QED) is 0.944. The highest BCUT2D eigenvalue weighted by Crippen LogP contribution is 2.22. The van der Waals surface area contributed by atoms with Crippen molar-refractivity contribution in [2.45, 2.75) is 13.2 Å². The Balaban J connectivity index is 2.02. The third kappa shape index (κ3) is 3.27. The summed E-state index contributed by atoms with van der Waals surface area (Å²) < 4.78 is 19.5. The van der Waals surface area contributed by atoms with Gasteiger partial charge in [0.15, 0.2) is 11.6 Å². The van der Waals surface area contributed by atoms with Gasteiger partial charge in [-0.25, -0.2) is 4.39 Å². The Morgan fingerprint density at radius 3 is 2.72 bits per heavy atom. The summed E-state index contributed by atoms with van der Waals surface area (Å²) in [6.45, 7) is 0.679. The van der Waals surface area contributed by atoms with Crippen LogP contribution in [0.1, 0.15) is 11.3 Å². The number of pyridine rings is 1. The fraction of sp³-hybridized carbons (Fsp3) is 0.154. The molecule has 0 atom stereocenters. The highest BCUT2D eigenvalue weighted by Gasteiger charge is 2.04. The van der Waals surface area contributed by atoms with Crippen LogP contribution in [-0.2, 0) is 13.2 Å². The first kappa shape index (κ1) is 13.0. The minimum Gasteiger partial charge on any atom is -0.484 e. The number of nitrogens with two attached hydrogens (primary N) is 1. The van der Waals surface area contributed by atoms with Gasteiger partial charge in [0.1, 0.15) is 6.61 Å². The van der Waals surface area contributed by atoms with E-state index in [-0.39, 0.29) is 12.4 Å². The summed E-state index contributed by atoms with van der Waals surface area (Å²) in [5.74, 6) is -0.189. The predicted octanol–water partition coefficient (Wildman–Crippen LogP) is 3.02. The molecule has 1 aromatic carbocycles. The molecule has 0 aliphatic heterocycles. The van der Waals surface area contributed by atoms with Crippen molar-refractivity contribution >= 4 is 15.9 Å². The highest BCUT2D eigenvalue weighted by molar-refractivity contribution is 9.10. The van der Waals surface area contributed by atoms with Gasteiger partial charge >= 0.3 is 0 Å². The SMILES string of the molecule is NCc1ccc(COc2ccc(Br)cc2F)nc1. The number of halogens is 2. The monoisotopic (exact) mass is 310 g/mol. The summed E-state index contributed by atoms with van der Waals surface area (Å²) >= 11 is 3.19. The van der Waals surface area contributed by atoms with Gasteiger partial charge in [0.05, 0.1) is 5.69 Å². The van der Waals surface area contributed by atoms with Crippen molar-refractivity contribution in [1.29, 1.82) is 0 Å². The Morgan fingerprint density at radius 1 is 1.28 bits per heavy atom. The maximum absolute atomic E-state index is 13.5. The molecule has 0 saturated heterocycles. The maximum Gasteiger partial charge on any atom is 0.166 e. The summed E-state index contributed by atoms with van der Waals surface area (Å²) in [5, 5.41) is 0. The number of benzene rings is 1. The van der Waals surface area contributed by atoms with Crippen molar-refractivity contribution < 1.29 is 9.13 Å². The average Bonchev–Trinajstić information content (AvgIpc) is 2.38. The maximum atomic E-state index is 13.5. The zero-order valence-corrected chi connectivity index (χ0v) is 11.2. The number of rotatable bonds is 4. The van der Waals surface area contributed by atoms with Crippen LogP contribution in [0.5, 0.6) is 5.75 Å². The van der Waals surface area contributed by atoms with E-state index in [1.165, 1.54) is 6.07 Å². The first-order chi connectivity index (χ1) is 8.69. The molecule has 2 aromatic rings. The Bertz CT molecular complexity index is 531. The summed E-state index contributed by atoms with van der Waals surface area (Å²) in [6.07, 6.45) is 1.69. The number of aromatic nitrogens is 1. The van der Waals surface area contributed by atoms with Crippen molar-refractivity contribution in [2.24, 2.45) is 5.73 Å². The van der Waals surface area contributed by atoms with Crippen molar-refractivity contribution in [3.63, 3.8) is 0 Å². The van der Waals surface area contributed by atoms with E-state index in [2.05, 4.69) is 20.9 Å². The second-order valence-corrected chi connectivity index (χ2v) is 4.64. The molecule has 0 saturated carbocycles. The lowest BCUT2D eigenvalue weighted by Gasteiger charge is -2.07. The van der Waals surface area contributed by atoms with E-state index >= 15 is 0 Å². The largest absolute Gasteiger partial charge is 0.484 e. The first-order valence-corrected chi connectivity index (χ1v) is 6.20. The van der Waals surface area contributed by atoms with Gasteiger partial charge in [-0.1, -0.05) is 22.0 Å². The molecule has 2 N–H and O–H groups in total. The average molecular weight is 311 g/mol. The normalized spacial score (nSPS) is 10.4. The summed E-state index contributed by atoms with van der Waals surface area (Å²) in [6, 6.07) is 8.36. The predicted molar refractivity (Wildman–Crippen MR) is 70.6 cm³/mol. The molecule has 0 unspecified atom stereocenters. The molecule has 18 heavy (non-hydrogen) atoms. The Kier molecular flexibility index (Phi) is 4.28. The minimum atomic E-state index is -0.400. The molecule has 3 nitrogen and oxygen atoms in total. The highest BCUT2D eigenvalue weighted by atomic mass is 79.9. The van der Waals surface area contributed by atoms with Crippen LogP contribution < -0.4 is 10.5 Å². The van der Waals surface area contributed by atoms with Crippen LogP contribution in [0.3, 0.4) is 0 Å². The van der Waals surface area contributed by atoms with E-state index in [4.69, 9.17) is 10.5 Å². The van der Waals surface area contributed by atoms with Crippen LogP contribution in [0.15, 0.2) is 41.0 Å². The zero-order valence-electron chi connectivity index (χ0n) is 9.57. The van der Waals surface area contributed by atoms with Crippen LogP contribution in [0.25, 0.3) is 0 Å². The fourth-order valence-corrected chi connectivity index (χ4v) is 1.74. The molecule has 2 rings (SSSR count). The zero-order chi connectivity index (χ0) is 13.0. The smallest absolute Gasteiger partial charge is 0.166 e. The molecule has 0 spiro atoms. The lowest BCUT2D eigenvalue weighted by atomic mass is 10.2. The lowest BCUT2D eigenvalue weighted by molar-refractivity contribution is 0.286. The Hall–Kier alpha value is -1.46. The van der Waals surface area contributed by atoms with E-state index < -0.39 is 5.82 Å². The standard InChI is InChI=1S/C13H12BrFN2O/c14-10-2-4-13(12(15)5-10)18-8-11-3-1-9(6-16)7-17-11/h1-5,7H,6,8,16H2. The third-order valence-corrected chi connectivity index (χ3v) is 2.88. The van der Waals surface area contributed by atoms with Crippen LogP contribution in [0, 0.1) is 5.82 Å². The van der Waals surface area contributed by atoms with Gasteiger partial charge in [-0.2, -0.15) is 0 Å². The van der Waals surface area contributed by atoms with E-state index in [1.54, 1.807) is 18.3 Å². The molecule has 0 amide bonds. The van der Waals surface area contributed by atoms with E-state index in [0.29, 0.717) is 11.0 Å². The van der Waals surface area contributed by atoms with E-state index in [1.807, 2.05) is 12.1 Å². The summed E-state index contributed by atoms with van der Waals surface area (Å²) in [7, 11) is 0. The molecular formula is C13H12BrFN2O. The summed E-state index contributed by atoms with van der Waals surface area (Å²) in [4.78, 5) is 4.18. The molecular weight excluding hydrogens is 299 g/mol. The molecule has 5 heteroatoms. The van der Waals surface area contributed by atoms with Crippen molar-refractivity contribution in [3.8, 4) is 5.75 Å². The third-order valence-electron chi connectivity index (χ3n) is 2.39. The van der Waals surface area contributed by atoms with Gasteiger partial charge in [0, 0.05) is 17.2 Å². The Labute approximate surface area is 113 Å². The van der Waals surface area contributed by atoms with Gasteiger partial charge < -0.3 is 10.5 Å². The van der Waals surface area contributed by atoms with Gasteiger partial charge in [-0.3, -0.25) is 4.98 Å². The van der Waals surface area contributed by atoms with Gasteiger partial charge in [0.2, 0.25) is 0 Å².